The van der Waals surface area contributed by atoms with E-state index in [0.717, 1.165) is 17.7 Å². The van der Waals surface area contributed by atoms with E-state index in [-0.39, 0.29) is 29.7 Å². The Hall–Kier alpha value is -3.12. The monoisotopic (exact) mass is 484 g/mol. The first kappa shape index (κ1) is 23.1. The fraction of sp³-hybridized carbons (Fsp3) is 0.286. The molecular formula is C21H20F4N4O3S. The highest BCUT2D eigenvalue weighted by atomic mass is 32.2. The average Bonchev–Trinajstić information content (AvgIpc) is 3.37. The Morgan fingerprint density at radius 1 is 1.12 bits per heavy atom. The van der Waals surface area contributed by atoms with Crippen LogP contribution in [-0.2, 0) is 17.1 Å². The lowest BCUT2D eigenvalue weighted by Gasteiger charge is -2.22. The molecule has 176 valence electrons. The van der Waals surface area contributed by atoms with Crippen molar-refractivity contribution in [2.45, 2.75) is 23.3 Å². The van der Waals surface area contributed by atoms with E-state index in [9.17, 15) is 26.0 Å². The van der Waals surface area contributed by atoms with Crippen molar-refractivity contribution in [2.75, 3.05) is 18.4 Å². The van der Waals surface area contributed by atoms with E-state index in [1.807, 2.05) is 30.3 Å². The number of anilines is 1. The first-order valence-corrected chi connectivity index (χ1v) is 11.3. The molecule has 4 rings (SSSR count). The molecule has 0 radical (unpaired) electrons. The van der Waals surface area contributed by atoms with Crippen LogP contribution in [0, 0.1) is 5.82 Å². The molecule has 0 aliphatic carbocycles. The summed E-state index contributed by atoms with van der Waals surface area (Å²) in [5.74, 6) is -2.45. The Labute approximate surface area is 187 Å². The van der Waals surface area contributed by atoms with Gasteiger partial charge in [0.2, 0.25) is 0 Å². The third-order valence-corrected chi connectivity index (χ3v) is 7.03. The number of rotatable bonds is 6. The number of sulfonamides is 1. The minimum atomic E-state index is -5.05. The van der Waals surface area contributed by atoms with Crippen LogP contribution in [-0.4, -0.2) is 47.8 Å². The van der Waals surface area contributed by atoms with Gasteiger partial charge in [0.1, 0.15) is 0 Å². The molecule has 33 heavy (non-hydrogen) atoms. The molecule has 1 fully saturated rings. The van der Waals surface area contributed by atoms with Gasteiger partial charge in [0.05, 0.1) is 6.33 Å². The maximum atomic E-state index is 13.8. The fourth-order valence-corrected chi connectivity index (χ4v) is 5.27. The van der Waals surface area contributed by atoms with Crippen molar-refractivity contribution in [2.24, 2.45) is 7.05 Å². The van der Waals surface area contributed by atoms with Crippen molar-refractivity contribution in [3.05, 3.63) is 72.4 Å². The molecule has 3 aromatic rings. The number of halogens is 4. The maximum absolute atomic E-state index is 13.8. The molecule has 1 saturated heterocycles. The largest absolute Gasteiger partial charge is 0.573 e. The van der Waals surface area contributed by atoms with Gasteiger partial charge in [0.25, 0.3) is 10.0 Å². The van der Waals surface area contributed by atoms with Gasteiger partial charge in [-0.15, -0.1) is 13.2 Å². The topological polar surface area (TPSA) is 76.5 Å². The third kappa shape index (κ3) is 5.11. The molecule has 7 nitrogen and oxygen atoms in total. The lowest BCUT2D eigenvalue weighted by Crippen LogP contribution is -2.32. The van der Waals surface area contributed by atoms with Gasteiger partial charge < -0.3 is 14.6 Å². The first-order chi connectivity index (χ1) is 15.5. The van der Waals surface area contributed by atoms with Crippen LogP contribution >= 0.6 is 0 Å². The van der Waals surface area contributed by atoms with Crippen LogP contribution in [0.15, 0.2) is 66.1 Å². The van der Waals surface area contributed by atoms with Gasteiger partial charge in [-0.3, -0.25) is 0 Å². The number of hydrogen-bond acceptors (Lipinski definition) is 5. The number of hydrogen-bond donors (Lipinski definition) is 1. The molecule has 12 heteroatoms. The molecule has 2 aromatic carbocycles. The van der Waals surface area contributed by atoms with Crippen molar-refractivity contribution >= 4 is 15.7 Å². The van der Waals surface area contributed by atoms with Crippen LogP contribution in [0.1, 0.15) is 11.5 Å². The van der Waals surface area contributed by atoms with Gasteiger partial charge in [-0.2, -0.15) is 4.31 Å². The molecule has 1 N–H and O–H groups in total. The normalized spacial score (nSPS) is 19.5. The Morgan fingerprint density at radius 2 is 1.85 bits per heavy atom. The average molecular weight is 484 g/mol. The van der Waals surface area contributed by atoms with Gasteiger partial charge >= 0.3 is 6.36 Å². The zero-order valence-corrected chi connectivity index (χ0v) is 18.1. The second-order valence-electron chi connectivity index (χ2n) is 7.66. The summed E-state index contributed by atoms with van der Waals surface area (Å²) in [5, 5.41) is 2.96. The summed E-state index contributed by atoms with van der Waals surface area (Å²) in [6, 6.07) is 11.7. The lowest BCUT2D eigenvalue weighted by molar-refractivity contribution is -0.275. The van der Waals surface area contributed by atoms with Crippen molar-refractivity contribution in [3.63, 3.8) is 0 Å². The number of nitrogens with one attached hydrogen (secondary N) is 1. The van der Waals surface area contributed by atoms with E-state index in [2.05, 4.69) is 15.0 Å². The summed E-state index contributed by atoms with van der Waals surface area (Å²) in [6.45, 7) is 0.166. The Kier molecular flexibility index (Phi) is 6.06. The molecule has 0 unspecified atom stereocenters. The zero-order valence-electron chi connectivity index (χ0n) is 17.3. The summed E-state index contributed by atoms with van der Waals surface area (Å²) < 4.78 is 84.4. The first-order valence-electron chi connectivity index (χ1n) is 9.88. The van der Waals surface area contributed by atoms with Gasteiger partial charge in [0, 0.05) is 50.0 Å². The van der Waals surface area contributed by atoms with Crippen LogP contribution in [0.3, 0.4) is 0 Å². The van der Waals surface area contributed by atoms with E-state index in [1.54, 1.807) is 7.05 Å². The molecule has 1 aliphatic rings. The predicted octanol–water partition coefficient (Wildman–Crippen LogP) is 3.73. The van der Waals surface area contributed by atoms with Gasteiger partial charge in [-0.05, 0) is 17.7 Å². The van der Waals surface area contributed by atoms with Crippen LogP contribution in [0.25, 0.3) is 0 Å². The number of imidazole rings is 1. The third-order valence-electron chi connectivity index (χ3n) is 5.31. The second-order valence-corrected chi connectivity index (χ2v) is 9.55. The number of benzene rings is 2. The number of nitrogens with zero attached hydrogens (tertiary/aromatic N) is 3. The van der Waals surface area contributed by atoms with Gasteiger partial charge in [-0.25, -0.2) is 17.8 Å². The molecular weight excluding hydrogens is 464 g/mol. The Bertz CT molecular complexity index is 1230. The highest BCUT2D eigenvalue weighted by Crippen LogP contribution is 2.34. The Balaban J connectivity index is 1.63. The maximum Gasteiger partial charge on any atom is 0.573 e. The molecule has 1 aromatic heterocycles. The van der Waals surface area contributed by atoms with Crippen LogP contribution in [0.4, 0.5) is 23.2 Å². The minimum absolute atomic E-state index is 0.0330. The van der Waals surface area contributed by atoms with Gasteiger partial charge in [0.15, 0.2) is 16.6 Å². The summed E-state index contributed by atoms with van der Waals surface area (Å²) >= 11 is 0. The molecule has 0 bridgehead atoms. The van der Waals surface area contributed by atoms with E-state index < -0.39 is 34.0 Å². The molecule has 2 heterocycles. The minimum Gasteiger partial charge on any atom is -0.403 e. The van der Waals surface area contributed by atoms with Crippen molar-refractivity contribution in [3.8, 4) is 5.75 Å². The zero-order chi connectivity index (χ0) is 23.8. The summed E-state index contributed by atoms with van der Waals surface area (Å²) in [6.07, 6.45) is -2.27. The molecule has 1 aliphatic heterocycles. The second kappa shape index (κ2) is 8.67. The highest BCUT2D eigenvalue weighted by Gasteiger charge is 2.41. The highest BCUT2D eigenvalue weighted by molar-refractivity contribution is 7.89. The van der Waals surface area contributed by atoms with Crippen LogP contribution in [0.5, 0.6) is 5.75 Å². The van der Waals surface area contributed by atoms with Crippen molar-refractivity contribution in [1.29, 1.82) is 0 Å². The summed E-state index contributed by atoms with van der Waals surface area (Å²) in [5.41, 5.74) is 1.02. The SMILES string of the molecule is Cn1cnc(S(=O)(=O)N2C[C@@H](Nc3ccc(F)c(OC(F)(F)F)c3)[C@H](c3ccccc3)C2)c1. The number of aromatic nitrogens is 2. The van der Waals surface area contributed by atoms with Crippen molar-refractivity contribution < 1.29 is 30.7 Å². The fourth-order valence-electron chi connectivity index (χ4n) is 3.81. The molecule has 0 spiro atoms. The molecule has 0 saturated carbocycles. The van der Waals surface area contributed by atoms with Gasteiger partial charge in [-0.1, -0.05) is 30.3 Å². The molecule has 0 amide bonds. The summed E-state index contributed by atoms with van der Waals surface area (Å²) in [7, 11) is -2.24. The standard InChI is InChI=1S/C21H20F4N4O3S/c1-28-12-20(26-13-28)33(30,31)29-10-16(14-5-3-2-4-6-14)18(11-29)27-15-7-8-17(22)19(9-15)32-21(23,24)25/h2-9,12-13,16,18,27H,10-11H2,1H3/t16-,18+/m0/s1. The van der Waals surface area contributed by atoms with E-state index in [0.29, 0.717) is 0 Å². The number of ether oxygens (including phenoxy) is 1. The Morgan fingerprint density at radius 3 is 2.48 bits per heavy atom. The van der Waals surface area contributed by atoms with Crippen molar-refractivity contribution in [1.82, 2.24) is 13.9 Å². The van der Waals surface area contributed by atoms with Crippen LogP contribution in [0.2, 0.25) is 0 Å². The molecule has 2 atom stereocenters. The van der Waals surface area contributed by atoms with E-state index in [1.165, 1.54) is 27.5 Å². The predicted molar refractivity (Wildman–Crippen MR) is 112 cm³/mol. The smallest absolute Gasteiger partial charge is 0.403 e. The summed E-state index contributed by atoms with van der Waals surface area (Å²) in [4.78, 5) is 3.94. The number of aryl methyl sites for hydroxylation is 1. The van der Waals surface area contributed by atoms with E-state index in [4.69, 9.17) is 0 Å². The van der Waals surface area contributed by atoms with Crippen LogP contribution < -0.4 is 10.1 Å². The lowest BCUT2D eigenvalue weighted by atomic mass is 9.94. The van der Waals surface area contributed by atoms with E-state index >= 15 is 0 Å². The number of alkyl halides is 3. The quantitative estimate of drug-likeness (QED) is 0.540.